The van der Waals surface area contributed by atoms with Crippen LogP contribution in [0.4, 0.5) is 5.69 Å². The molecule has 0 aromatic heterocycles. The highest BCUT2D eigenvalue weighted by molar-refractivity contribution is 5.91. The van der Waals surface area contributed by atoms with Crippen molar-refractivity contribution in [3.05, 3.63) is 60.2 Å². The number of nitrogens with one attached hydrogen (secondary N) is 1. The first-order valence-electron chi connectivity index (χ1n) is 9.60. The fourth-order valence-electron chi connectivity index (χ4n) is 3.43. The third-order valence-corrected chi connectivity index (χ3v) is 4.88. The second-order valence-corrected chi connectivity index (χ2v) is 7.02. The topological polar surface area (TPSA) is 73.6 Å². The minimum Gasteiger partial charge on any atom is -0.491 e. The Hall–Kier alpha value is -2.08. The van der Waals surface area contributed by atoms with Crippen LogP contribution in [0, 0.1) is 5.92 Å². The second kappa shape index (κ2) is 11.7. The van der Waals surface area contributed by atoms with Crippen LogP contribution in [-0.4, -0.2) is 25.2 Å². The minimum absolute atomic E-state index is 0. The van der Waals surface area contributed by atoms with E-state index in [1.807, 2.05) is 54.6 Å². The lowest BCUT2D eigenvalue weighted by Gasteiger charge is -2.15. The molecule has 1 saturated carbocycles. The van der Waals surface area contributed by atoms with Crippen molar-refractivity contribution in [2.24, 2.45) is 11.7 Å². The Labute approximate surface area is 173 Å². The highest BCUT2D eigenvalue weighted by Gasteiger charge is 2.25. The van der Waals surface area contributed by atoms with E-state index in [-0.39, 0.29) is 24.4 Å². The number of hydrogen-bond acceptors (Lipinski definition) is 4. The van der Waals surface area contributed by atoms with Crippen LogP contribution >= 0.6 is 12.4 Å². The molecule has 2 atom stereocenters. The highest BCUT2D eigenvalue weighted by atomic mass is 35.5. The van der Waals surface area contributed by atoms with Crippen LogP contribution in [0.3, 0.4) is 0 Å². The summed E-state index contributed by atoms with van der Waals surface area (Å²) in [7, 11) is 0. The molecule has 0 unspecified atom stereocenters. The van der Waals surface area contributed by atoms with Gasteiger partial charge < -0.3 is 20.5 Å². The Morgan fingerprint density at radius 2 is 1.89 bits per heavy atom. The molecule has 0 aliphatic heterocycles. The number of anilines is 1. The quantitative estimate of drug-likeness (QED) is 0.615. The van der Waals surface area contributed by atoms with E-state index in [1.54, 1.807) is 0 Å². The Morgan fingerprint density at radius 1 is 1.07 bits per heavy atom. The SMILES string of the molecule is Cl.N[C@@H]1CCC[C@H]1CC(=O)Nc1cccc(COCCOc2ccccc2)c1. The molecule has 0 spiro atoms. The summed E-state index contributed by atoms with van der Waals surface area (Å²) in [4.78, 5) is 12.2. The maximum atomic E-state index is 12.2. The summed E-state index contributed by atoms with van der Waals surface area (Å²) >= 11 is 0. The molecule has 1 aliphatic rings. The molecule has 3 rings (SSSR count). The van der Waals surface area contributed by atoms with E-state index in [0.29, 0.717) is 32.2 Å². The molecule has 1 amide bonds. The molecule has 2 aromatic carbocycles. The van der Waals surface area contributed by atoms with Gasteiger partial charge in [-0.3, -0.25) is 4.79 Å². The molecule has 3 N–H and O–H groups in total. The number of rotatable bonds is 9. The summed E-state index contributed by atoms with van der Waals surface area (Å²) in [5, 5.41) is 2.98. The number of halogens is 1. The largest absolute Gasteiger partial charge is 0.491 e. The molecule has 1 aliphatic carbocycles. The number of ether oxygens (including phenoxy) is 2. The zero-order chi connectivity index (χ0) is 18.9. The number of amides is 1. The molecule has 0 heterocycles. The van der Waals surface area contributed by atoms with Crippen LogP contribution in [0.5, 0.6) is 5.75 Å². The van der Waals surface area contributed by atoms with E-state index in [9.17, 15) is 4.79 Å². The van der Waals surface area contributed by atoms with E-state index in [2.05, 4.69) is 5.32 Å². The molecule has 0 bridgehead atoms. The average molecular weight is 405 g/mol. The Balaban J connectivity index is 0.00000280. The first-order valence-corrected chi connectivity index (χ1v) is 9.60. The molecule has 28 heavy (non-hydrogen) atoms. The lowest BCUT2D eigenvalue weighted by molar-refractivity contribution is -0.117. The molecule has 0 saturated heterocycles. The summed E-state index contributed by atoms with van der Waals surface area (Å²) in [6.07, 6.45) is 3.70. The van der Waals surface area contributed by atoms with Gasteiger partial charge in [-0.25, -0.2) is 0 Å². The maximum absolute atomic E-state index is 12.2. The molecule has 5 nitrogen and oxygen atoms in total. The van der Waals surface area contributed by atoms with E-state index in [1.165, 1.54) is 0 Å². The van der Waals surface area contributed by atoms with Gasteiger partial charge in [-0.15, -0.1) is 12.4 Å². The zero-order valence-corrected chi connectivity index (χ0v) is 16.8. The smallest absolute Gasteiger partial charge is 0.224 e. The van der Waals surface area contributed by atoms with Crippen molar-refractivity contribution in [1.82, 2.24) is 0 Å². The zero-order valence-electron chi connectivity index (χ0n) is 16.0. The number of hydrogen-bond donors (Lipinski definition) is 2. The van der Waals surface area contributed by atoms with Crippen molar-refractivity contribution >= 4 is 24.0 Å². The summed E-state index contributed by atoms with van der Waals surface area (Å²) < 4.78 is 11.3. The van der Waals surface area contributed by atoms with Gasteiger partial charge >= 0.3 is 0 Å². The summed E-state index contributed by atoms with van der Waals surface area (Å²) in [5.74, 6) is 1.18. The Morgan fingerprint density at radius 3 is 2.64 bits per heavy atom. The minimum atomic E-state index is 0. The van der Waals surface area contributed by atoms with Gasteiger partial charge in [-0.2, -0.15) is 0 Å². The predicted octanol–water partition coefficient (Wildman–Crippen LogP) is 4.16. The summed E-state index contributed by atoms with van der Waals surface area (Å²) in [6, 6.07) is 17.6. The normalized spacial score (nSPS) is 18.3. The first kappa shape index (κ1) is 22.2. The standard InChI is InChI=1S/C22H28N2O3.ClH/c23-21-11-5-7-18(21)15-22(25)24-19-8-4-6-17(14-19)16-26-12-13-27-20-9-2-1-3-10-20;/h1-4,6,8-10,14,18,21H,5,7,11-13,15-16,23H2,(H,24,25);1H/t18-,21+;/m0./s1. The lowest BCUT2D eigenvalue weighted by Crippen LogP contribution is -2.28. The second-order valence-electron chi connectivity index (χ2n) is 7.02. The van der Waals surface area contributed by atoms with Crippen LogP contribution in [0.1, 0.15) is 31.2 Å². The average Bonchev–Trinajstić information content (AvgIpc) is 3.07. The van der Waals surface area contributed by atoms with Gasteiger partial charge in [0.1, 0.15) is 12.4 Å². The molecule has 6 heteroatoms. The van der Waals surface area contributed by atoms with Gasteiger partial charge in [0.15, 0.2) is 0 Å². The summed E-state index contributed by atoms with van der Waals surface area (Å²) in [5.41, 5.74) is 7.87. The van der Waals surface area contributed by atoms with Crippen LogP contribution in [-0.2, 0) is 16.1 Å². The van der Waals surface area contributed by atoms with Crippen LogP contribution in [0.15, 0.2) is 54.6 Å². The fourth-order valence-corrected chi connectivity index (χ4v) is 3.43. The van der Waals surface area contributed by atoms with Gasteiger partial charge in [0.25, 0.3) is 0 Å². The Kier molecular flexibility index (Phi) is 9.28. The van der Waals surface area contributed by atoms with Crippen molar-refractivity contribution in [1.29, 1.82) is 0 Å². The molecular formula is C22H29ClN2O3. The van der Waals surface area contributed by atoms with Gasteiger partial charge in [-0.05, 0) is 48.6 Å². The summed E-state index contributed by atoms with van der Waals surface area (Å²) in [6.45, 7) is 1.49. The molecule has 2 aromatic rings. The molecule has 1 fully saturated rings. The van der Waals surface area contributed by atoms with Crippen molar-refractivity contribution in [3.8, 4) is 5.75 Å². The van der Waals surface area contributed by atoms with Gasteiger partial charge in [0.05, 0.1) is 13.2 Å². The Bertz CT molecular complexity index is 727. The van der Waals surface area contributed by atoms with Crippen LogP contribution in [0.2, 0.25) is 0 Å². The van der Waals surface area contributed by atoms with Gasteiger partial charge in [0, 0.05) is 18.2 Å². The fraction of sp³-hybridized carbons (Fsp3) is 0.409. The highest BCUT2D eigenvalue weighted by Crippen LogP contribution is 2.27. The van der Waals surface area contributed by atoms with Gasteiger partial charge in [-0.1, -0.05) is 36.8 Å². The molecule has 0 radical (unpaired) electrons. The number of carbonyl (C=O) groups excluding carboxylic acids is 1. The molecular weight excluding hydrogens is 376 g/mol. The third-order valence-electron chi connectivity index (χ3n) is 4.88. The van der Waals surface area contributed by atoms with Gasteiger partial charge in [0.2, 0.25) is 5.91 Å². The van der Waals surface area contributed by atoms with E-state index in [0.717, 1.165) is 36.3 Å². The predicted molar refractivity (Wildman–Crippen MR) is 114 cm³/mol. The first-order chi connectivity index (χ1) is 13.2. The number of benzene rings is 2. The van der Waals surface area contributed by atoms with E-state index in [4.69, 9.17) is 15.2 Å². The van der Waals surface area contributed by atoms with Crippen molar-refractivity contribution in [2.75, 3.05) is 18.5 Å². The van der Waals surface area contributed by atoms with E-state index >= 15 is 0 Å². The molecule has 152 valence electrons. The van der Waals surface area contributed by atoms with Crippen molar-refractivity contribution in [3.63, 3.8) is 0 Å². The monoisotopic (exact) mass is 404 g/mol. The number of para-hydroxylation sites is 1. The maximum Gasteiger partial charge on any atom is 0.224 e. The lowest BCUT2D eigenvalue weighted by atomic mass is 10.00. The van der Waals surface area contributed by atoms with Crippen LogP contribution in [0.25, 0.3) is 0 Å². The van der Waals surface area contributed by atoms with Crippen LogP contribution < -0.4 is 15.8 Å². The number of carbonyl (C=O) groups is 1. The van der Waals surface area contributed by atoms with Crippen molar-refractivity contribution in [2.45, 2.75) is 38.3 Å². The number of nitrogens with two attached hydrogens (primary N) is 1. The van der Waals surface area contributed by atoms with Crippen molar-refractivity contribution < 1.29 is 14.3 Å². The third kappa shape index (κ3) is 7.15. The van der Waals surface area contributed by atoms with E-state index < -0.39 is 0 Å².